The number of hydrogen-bond donors (Lipinski definition) is 2. The molecule has 2 rings (SSSR count). The van der Waals surface area contributed by atoms with E-state index in [1.807, 2.05) is 0 Å². The van der Waals surface area contributed by atoms with E-state index in [2.05, 4.69) is 17.2 Å². The summed E-state index contributed by atoms with van der Waals surface area (Å²) in [6, 6.07) is 1.76. The maximum atomic E-state index is 11.3. The molecule has 0 aromatic carbocycles. The molecular formula is C13H21N3O2. The molecule has 1 aromatic heterocycles. The lowest BCUT2D eigenvalue weighted by molar-refractivity contribution is 0.0953. The predicted molar refractivity (Wildman–Crippen MR) is 68.7 cm³/mol. The predicted octanol–water partition coefficient (Wildman–Crippen LogP) is 1.51. The summed E-state index contributed by atoms with van der Waals surface area (Å²) < 4.78 is 5.40. The van der Waals surface area contributed by atoms with E-state index >= 15 is 0 Å². The minimum absolute atomic E-state index is 0.311. The van der Waals surface area contributed by atoms with Gasteiger partial charge in [-0.3, -0.25) is 15.1 Å². The van der Waals surface area contributed by atoms with Crippen molar-refractivity contribution in [3.05, 3.63) is 23.7 Å². The third kappa shape index (κ3) is 3.34. The second kappa shape index (κ2) is 6.02. The van der Waals surface area contributed by atoms with Gasteiger partial charge in [-0.2, -0.15) is 0 Å². The van der Waals surface area contributed by atoms with E-state index in [-0.39, 0.29) is 5.91 Å². The summed E-state index contributed by atoms with van der Waals surface area (Å²) in [5.41, 5.74) is 2.58. The number of nitrogens with zero attached hydrogens (tertiary/aromatic N) is 1. The van der Waals surface area contributed by atoms with Crippen LogP contribution in [0.25, 0.3) is 0 Å². The lowest BCUT2D eigenvalue weighted by Crippen LogP contribution is -2.29. The topological polar surface area (TPSA) is 71.5 Å². The van der Waals surface area contributed by atoms with Crippen LogP contribution < -0.4 is 11.3 Å². The van der Waals surface area contributed by atoms with E-state index in [1.54, 1.807) is 6.07 Å². The SMILES string of the molecule is CC1CCCN(Cc2cc(C(=O)NN)co2)CC1. The van der Waals surface area contributed by atoms with Crippen molar-refractivity contribution in [3.63, 3.8) is 0 Å². The van der Waals surface area contributed by atoms with Gasteiger partial charge in [0.1, 0.15) is 12.0 Å². The van der Waals surface area contributed by atoms with Crippen LogP contribution in [0.2, 0.25) is 0 Å². The highest BCUT2D eigenvalue weighted by Gasteiger charge is 2.16. The number of hydrogen-bond acceptors (Lipinski definition) is 4. The highest BCUT2D eigenvalue weighted by Crippen LogP contribution is 2.19. The van der Waals surface area contributed by atoms with E-state index in [0.29, 0.717) is 5.56 Å². The molecule has 2 heterocycles. The molecule has 0 bridgehead atoms. The molecule has 1 atom stereocenters. The molecule has 0 saturated carbocycles. The lowest BCUT2D eigenvalue weighted by atomic mass is 10.0. The van der Waals surface area contributed by atoms with Gasteiger partial charge in [-0.15, -0.1) is 0 Å². The zero-order chi connectivity index (χ0) is 13.0. The third-order valence-corrected chi connectivity index (χ3v) is 3.54. The first kappa shape index (κ1) is 13.1. The van der Waals surface area contributed by atoms with Gasteiger partial charge in [0.15, 0.2) is 0 Å². The average molecular weight is 251 g/mol. The largest absolute Gasteiger partial charge is 0.467 e. The molecule has 0 radical (unpaired) electrons. The molecule has 1 aromatic rings. The maximum absolute atomic E-state index is 11.3. The average Bonchev–Trinajstić information content (AvgIpc) is 2.73. The molecule has 5 nitrogen and oxygen atoms in total. The number of rotatable bonds is 3. The first-order valence-corrected chi connectivity index (χ1v) is 6.49. The number of amides is 1. The number of nitrogens with one attached hydrogen (secondary N) is 1. The fourth-order valence-electron chi connectivity index (χ4n) is 2.37. The zero-order valence-corrected chi connectivity index (χ0v) is 10.8. The van der Waals surface area contributed by atoms with Gasteiger partial charge in [0.25, 0.3) is 5.91 Å². The Morgan fingerprint density at radius 1 is 1.56 bits per heavy atom. The molecule has 1 aliphatic heterocycles. The van der Waals surface area contributed by atoms with Gasteiger partial charge in [-0.25, -0.2) is 5.84 Å². The number of hydrazine groups is 1. The summed E-state index contributed by atoms with van der Waals surface area (Å²) in [5.74, 6) is 6.40. The maximum Gasteiger partial charge on any atom is 0.268 e. The van der Waals surface area contributed by atoms with Crippen LogP contribution in [0.5, 0.6) is 0 Å². The Morgan fingerprint density at radius 3 is 3.17 bits per heavy atom. The standard InChI is InChI=1S/C13H21N3O2/c1-10-3-2-5-16(6-4-10)8-12-7-11(9-18-12)13(17)15-14/h7,9-10H,2-6,8,14H2,1H3,(H,15,17). The van der Waals surface area contributed by atoms with Crippen molar-refractivity contribution >= 4 is 5.91 Å². The molecule has 1 fully saturated rings. The van der Waals surface area contributed by atoms with Crippen LogP contribution in [0.3, 0.4) is 0 Å². The Kier molecular flexibility index (Phi) is 4.38. The normalized spacial score (nSPS) is 21.6. The van der Waals surface area contributed by atoms with Gasteiger partial charge >= 0.3 is 0 Å². The van der Waals surface area contributed by atoms with Crippen LogP contribution in [0.1, 0.15) is 42.3 Å². The van der Waals surface area contributed by atoms with Gasteiger partial charge in [0, 0.05) is 0 Å². The van der Waals surface area contributed by atoms with Crippen LogP contribution in [-0.2, 0) is 6.54 Å². The van der Waals surface area contributed by atoms with E-state index < -0.39 is 0 Å². The smallest absolute Gasteiger partial charge is 0.268 e. The Morgan fingerprint density at radius 2 is 2.39 bits per heavy atom. The van der Waals surface area contributed by atoms with E-state index in [1.165, 1.54) is 25.5 Å². The number of carbonyl (C=O) groups is 1. The summed E-state index contributed by atoms with van der Waals surface area (Å²) in [4.78, 5) is 13.7. The van der Waals surface area contributed by atoms with Crippen LogP contribution in [-0.4, -0.2) is 23.9 Å². The van der Waals surface area contributed by atoms with Crippen molar-refractivity contribution in [3.8, 4) is 0 Å². The van der Waals surface area contributed by atoms with Crippen molar-refractivity contribution in [1.82, 2.24) is 10.3 Å². The summed E-state index contributed by atoms with van der Waals surface area (Å²) in [6.07, 6.45) is 5.22. The number of carbonyl (C=O) groups excluding carboxylic acids is 1. The Hall–Kier alpha value is -1.33. The fraction of sp³-hybridized carbons (Fsp3) is 0.615. The van der Waals surface area contributed by atoms with Crippen LogP contribution in [0.15, 0.2) is 16.7 Å². The molecule has 1 aliphatic rings. The van der Waals surface area contributed by atoms with Gasteiger partial charge in [0.2, 0.25) is 0 Å². The Balaban J connectivity index is 1.92. The van der Waals surface area contributed by atoms with Gasteiger partial charge < -0.3 is 4.42 Å². The molecule has 1 unspecified atom stereocenters. The highest BCUT2D eigenvalue weighted by atomic mass is 16.3. The van der Waals surface area contributed by atoms with Crippen molar-refractivity contribution in [2.45, 2.75) is 32.7 Å². The molecule has 1 amide bonds. The van der Waals surface area contributed by atoms with E-state index in [0.717, 1.165) is 31.3 Å². The Bertz CT molecular complexity index is 403. The molecule has 1 saturated heterocycles. The Labute approximate surface area is 107 Å². The van der Waals surface area contributed by atoms with Crippen LogP contribution >= 0.6 is 0 Å². The van der Waals surface area contributed by atoms with E-state index in [9.17, 15) is 4.79 Å². The summed E-state index contributed by atoms with van der Waals surface area (Å²) >= 11 is 0. The quantitative estimate of drug-likeness (QED) is 0.485. The first-order chi connectivity index (χ1) is 8.69. The minimum atomic E-state index is -0.311. The monoisotopic (exact) mass is 251 g/mol. The van der Waals surface area contributed by atoms with Crippen molar-refractivity contribution < 1.29 is 9.21 Å². The van der Waals surface area contributed by atoms with Gasteiger partial charge in [-0.05, 0) is 44.3 Å². The number of nitrogen functional groups attached to an aromatic ring is 1. The van der Waals surface area contributed by atoms with Crippen molar-refractivity contribution in [1.29, 1.82) is 0 Å². The molecule has 5 heteroatoms. The minimum Gasteiger partial charge on any atom is -0.467 e. The van der Waals surface area contributed by atoms with Gasteiger partial charge in [-0.1, -0.05) is 6.92 Å². The van der Waals surface area contributed by atoms with E-state index in [4.69, 9.17) is 10.3 Å². The number of furan rings is 1. The first-order valence-electron chi connectivity index (χ1n) is 6.49. The summed E-state index contributed by atoms with van der Waals surface area (Å²) in [5, 5.41) is 0. The highest BCUT2D eigenvalue weighted by molar-refractivity contribution is 5.93. The summed E-state index contributed by atoms with van der Waals surface area (Å²) in [7, 11) is 0. The van der Waals surface area contributed by atoms with Crippen LogP contribution in [0, 0.1) is 5.92 Å². The molecular weight excluding hydrogens is 230 g/mol. The third-order valence-electron chi connectivity index (χ3n) is 3.54. The molecule has 3 N–H and O–H groups in total. The number of nitrogens with two attached hydrogens (primary N) is 1. The molecule has 0 aliphatic carbocycles. The number of likely N-dealkylation sites (tertiary alicyclic amines) is 1. The van der Waals surface area contributed by atoms with Crippen LogP contribution in [0.4, 0.5) is 0 Å². The van der Waals surface area contributed by atoms with Gasteiger partial charge in [0.05, 0.1) is 12.1 Å². The molecule has 18 heavy (non-hydrogen) atoms. The lowest BCUT2D eigenvalue weighted by Gasteiger charge is -2.18. The van der Waals surface area contributed by atoms with Crippen molar-refractivity contribution in [2.24, 2.45) is 11.8 Å². The summed E-state index contributed by atoms with van der Waals surface area (Å²) in [6.45, 7) is 5.27. The zero-order valence-electron chi connectivity index (χ0n) is 10.8. The second-order valence-corrected chi connectivity index (χ2v) is 5.09. The fourth-order valence-corrected chi connectivity index (χ4v) is 2.37. The molecule has 0 spiro atoms. The van der Waals surface area contributed by atoms with Crippen molar-refractivity contribution in [2.75, 3.05) is 13.1 Å². The molecule has 100 valence electrons. The second-order valence-electron chi connectivity index (χ2n) is 5.09.